The SMILES string of the molecule is CCn1ccnc1C(C)NC(=O)c1cccc(=O)[nH]1. The lowest BCUT2D eigenvalue weighted by Gasteiger charge is -2.14. The van der Waals surface area contributed by atoms with Crippen LogP contribution in [0.15, 0.2) is 35.4 Å². The molecule has 0 saturated carbocycles. The van der Waals surface area contributed by atoms with Crippen molar-refractivity contribution in [1.82, 2.24) is 19.9 Å². The van der Waals surface area contributed by atoms with Gasteiger partial charge in [0.15, 0.2) is 0 Å². The van der Waals surface area contributed by atoms with Gasteiger partial charge in [0, 0.05) is 25.0 Å². The van der Waals surface area contributed by atoms with Crippen molar-refractivity contribution in [2.24, 2.45) is 0 Å². The number of nitrogens with one attached hydrogen (secondary N) is 2. The molecule has 2 rings (SSSR count). The molecule has 1 unspecified atom stereocenters. The Bertz CT molecular complexity index is 629. The highest BCUT2D eigenvalue weighted by Crippen LogP contribution is 2.10. The Morgan fingerprint density at radius 1 is 1.53 bits per heavy atom. The minimum absolute atomic E-state index is 0.230. The first-order valence-corrected chi connectivity index (χ1v) is 6.13. The van der Waals surface area contributed by atoms with Crippen LogP contribution in [0.3, 0.4) is 0 Å². The van der Waals surface area contributed by atoms with Crippen LogP contribution < -0.4 is 10.9 Å². The number of imidazole rings is 1. The zero-order valence-corrected chi connectivity index (χ0v) is 10.9. The number of hydrogen-bond donors (Lipinski definition) is 2. The van der Waals surface area contributed by atoms with E-state index < -0.39 is 0 Å². The molecule has 0 radical (unpaired) electrons. The van der Waals surface area contributed by atoms with Crippen LogP contribution in [0.4, 0.5) is 0 Å². The summed E-state index contributed by atoms with van der Waals surface area (Å²) in [6.07, 6.45) is 3.56. The zero-order chi connectivity index (χ0) is 13.8. The van der Waals surface area contributed by atoms with Crippen LogP contribution in [0.1, 0.15) is 36.2 Å². The lowest BCUT2D eigenvalue weighted by Crippen LogP contribution is -2.30. The Balaban J connectivity index is 2.13. The van der Waals surface area contributed by atoms with Crippen LogP contribution in [0.2, 0.25) is 0 Å². The molecule has 1 atom stereocenters. The number of aromatic nitrogens is 3. The average Bonchev–Trinajstić information content (AvgIpc) is 2.87. The summed E-state index contributed by atoms with van der Waals surface area (Å²) in [5.41, 5.74) is -0.0516. The van der Waals surface area contributed by atoms with Gasteiger partial charge in [-0.2, -0.15) is 0 Å². The molecular weight excluding hydrogens is 244 g/mol. The number of carbonyl (C=O) groups is 1. The molecule has 0 spiro atoms. The van der Waals surface area contributed by atoms with Gasteiger partial charge >= 0.3 is 0 Å². The van der Waals surface area contributed by atoms with E-state index in [1.54, 1.807) is 18.3 Å². The van der Waals surface area contributed by atoms with Crippen molar-refractivity contribution >= 4 is 5.91 Å². The largest absolute Gasteiger partial charge is 0.341 e. The maximum Gasteiger partial charge on any atom is 0.268 e. The molecule has 0 aliphatic rings. The first-order valence-electron chi connectivity index (χ1n) is 6.13. The number of carbonyl (C=O) groups excluding carboxylic acids is 1. The van der Waals surface area contributed by atoms with Crippen molar-refractivity contribution in [1.29, 1.82) is 0 Å². The Hall–Kier alpha value is -2.37. The highest BCUT2D eigenvalue weighted by molar-refractivity contribution is 5.92. The Morgan fingerprint density at radius 2 is 2.32 bits per heavy atom. The van der Waals surface area contributed by atoms with Crippen LogP contribution in [-0.4, -0.2) is 20.4 Å². The topological polar surface area (TPSA) is 79.8 Å². The summed E-state index contributed by atoms with van der Waals surface area (Å²) < 4.78 is 1.96. The van der Waals surface area contributed by atoms with Gasteiger partial charge in [-0.1, -0.05) is 6.07 Å². The van der Waals surface area contributed by atoms with Gasteiger partial charge in [-0.05, 0) is 19.9 Å². The Kier molecular flexibility index (Phi) is 3.79. The van der Waals surface area contributed by atoms with Crippen LogP contribution in [-0.2, 0) is 6.54 Å². The predicted octanol–water partition coefficient (Wildman–Crippen LogP) is 1.08. The highest BCUT2D eigenvalue weighted by atomic mass is 16.2. The number of aryl methyl sites for hydroxylation is 1. The Labute approximate surface area is 110 Å². The lowest BCUT2D eigenvalue weighted by molar-refractivity contribution is 0.0932. The van der Waals surface area contributed by atoms with E-state index in [1.165, 1.54) is 6.07 Å². The number of amides is 1. The van der Waals surface area contributed by atoms with Crippen LogP contribution in [0.25, 0.3) is 0 Å². The second kappa shape index (κ2) is 5.51. The highest BCUT2D eigenvalue weighted by Gasteiger charge is 2.15. The molecule has 6 nitrogen and oxygen atoms in total. The first kappa shape index (κ1) is 13.1. The van der Waals surface area contributed by atoms with E-state index in [1.807, 2.05) is 24.6 Å². The predicted molar refractivity (Wildman–Crippen MR) is 70.8 cm³/mol. The molecule has 0 fully saturated rings. The minimum atomic E-state index is -0.323. The fraction of sp³-hybridized carbons (Fsp3) is 0.308. The molecule has 0 saturated heterocycles. The summed E-state index contributed by atoms with van der Waals surface area (Å²) in [5, 5.41) is 2.81. The summed E-state index contributed by atoms with van der Waals surface area (Å²) in [6.45, 7) is 4.65. The normalized spacial score (nSPS) is 12.1. The molecule has 2 N–H and O–H groups in total. The number of pyridine rings is 1. The maximum atomic E-state index is 12.0. The van der Waals surface area contributed by atoms with Crippen molar-refractivity contribution in [2.45, 2.75) is 26.4 Å². The monoisotopic (exact) mass is 260 g/mol. The number of nitrogens with zero attached hydrogens (tertiary/aromatic N) is 2. The van der Waals surface area contributed by atoms with E-state index in [-0.39, 0.29) is 23.2 Å². The molecular formula is C13H16N4O2. The van der Waals surface area contributed by atoms with E-state index in [2.05, 4.69) is 15.3 Å². The quantitative estimate of drug-likeness (QED) is 0.863. The minimum Gasteiger partial charge on any atom is -0.341 e. The molecule has 2 heterocycles. The van der Waals surface area contributed by atoms with Gasteiger partial charge in [-0.15, -0.1) is 0 Å². The molecule has 0 bridgehead atoms. The summed E-state index contributed by atoms with van der Waals surface area (Å²) in [4.78, 5) is 29.9. The van der Waals surface area contributed by atoms with Gasteiger partial charge in [0.1, 0.15) is 11.5 Å². The third kappa shape index (κ3) is 2.90. The van der Waals surface area contributed by atoms with Crippen molar-refractivity contribution in [3.05, 3.63) is 52.5 Å². The number of aromatic amines is 1. The molecule has 1 amide bonds. The summed E-state index contributed by atoms with van der Waals surface area (Å²) in [6, 6.07) is 4.25. The summed E-state index contributed by atoms with van der Waals surface area (Å²) in [5.74, 6) is 0.463. The van der Waals surface area contributed by atoms with Gasteiger partial charge in [0.2, 0.25) is 5.56 Å². The average molecular weight is 260 g/mol. The summed E-state index contributed by atoms with van der Waals surface area (Å²) in [7, 11) is 0. The molecule has 0 aliphatic heterocycles. The van der Waals surface area contributed by atoms with E-state index in [0.29, 0.717) is 0 Å². The van der Waals surface area contributed by atoms with Gasteiger partial charge < -0.3 is 14.9 Å². The standard InChI is InChI=1S/C13H16N4O2/c1-3-17-8-7-14-12(17)9(2)15-13(19)10-5-4-6-11(18)16-10/h4-9H,3H2,1-2H3,(H,15,19)(H,16,18). The second-order valence-corrected chi connectivity index (χ2v) is 4.20. The zero-order valence-electron chi connectivity index (χ0n) is 10.9. The van der Waals surface area contributed by atoms with E-state index in [0.717, 1.165) is 12.4 Å². The van der Waals surface area contributed by atoms with Crippen LogP contribution >= 0.6 is 0 Å². The molecule has 0 aliphatic carbocycles. The number of rotatable bonds is 4. The van der Waals surface area contributed by atoms with Crippen LogP contribution in [0, 0.1) is 0 Å². The third-order valence-corrected chi connectivity index (χ3v) is 2.84. The van der Waals surface area contributed by atoms with Gasteiger partial charge in [-0.3, -0.25) is 9.59 Å². The Morgan fingerprint density at radius 3 is 3.00 bits per heavy atom. The fourth-order valence-electron chi connectivity index (χ4n) is 1.89. The van der Waals surface area contributed by atoms with Crippen molar-refractivity contribution in [3.8, 4) is 0 Å². The van der Waals surface area contributed by atoms with Crippen molar-refractivity contribution < 1.29 is 4.79 Å². The summed E-state index contributed by atoms with van der Waals surface area (Å²) >= 11 is 0. The molecule has 2 aromatic heterocycles. The fourth-order valence-corrected chi connectivity index (χ4v) is 1.89. The van der Waals surface area contributed by atoms with Crippen molar-refractivity contribution in [3.63, 3.8) is 0 Å². The lowest BCUT2D eigenvalue weighted by atomic mass is 10.2. The van der Waals surface area contributed by atoms with E-state index >= 15 is 0 Å². The molecule has 19 heavy (non-hydrogen) atoms. The van der Waals surface area contributed by atoms with E-state index in [9.17, 15) is 9.59 Å². The maximum absolute atomic E-state index is 12.0. The third-order valence-electron chi connectivity index (χ3n) is 2.84. The van der Waals surface area contributed by atoms with E-state index in [4.69, 9.17) is 0 Å². The molecule has 0 aromatic carbocycles. The molecule has 2 aromatic rings. The number of hydrogen-bond acceptors (Lipinski definition) is 3. The molecule has 100 valence electrons. The van der Waals surface area contributed by atoms with Gasteiger partial charge in [0.05, 0.1) is 6.04 Å². The second-order valence-electron chi connectivity index (χ2n) is 4.20. The first-order chi connectivity index (χ1) is 9.11. The van der Waals surface area contributed by atoms with Gasteiger partial charge in [-0.25, -0.2) is 4.98 Å². The van der Waals surface area contributed by atoms with Crippen LogP contribution in [0.5, 0.6) is 0 Å². The van der Waals surface area contributed by atoms with Crippen molar-refractivity contribution in [2.75, 3.05) is 0 Å². The van der Waals surface area contributed by atoms with Gasteiger partial charge in [0.25, 0.3) is 5.91 Å². The number of H-pyrrole nitrogens is 1. The smallest absolute Gasteiger partial charge is 0.268 e. The molecule has 6 heteroatoms.